The summed E-state index contributed by atoms with van der Waals surface area (Å²) in [5.41, 5.74) is 6.80. The smallest absolute Gasteiger partial charge is 0.128 e. The molecular formula is C18H21BrO2. The summed E-state index contributed by atoms with van der Waals surface area (Å²) < 4.78 is 6.98. The predicted molar refractivity (Wildman–Crippen MR) is 89.8 cm³/mol. The van der Waals surface area contributed by atoms with Crippen LogP contribution in [0.2, 0.25) is 0 Å². The lowest BCUT2D eigenvalue weighted by atomic mass is 10.0. The summed E-state index contributed by atoms with van der Waals surface area (Å²) in [7, 11) is 0. The van der Waals surface area contributed by atoms with Gasteiger partial charge in [-0.05, 0) is 62.1 Å². The van der Waals surface area contributed by atoms with Crippen molar-refractivity contribution in [2.45, 2.75) is 40.9 Å². The van der Waals surface area contributed by atoms with Crippen LogP contribution in [-0.4, -0.2) is 5.11 Å². The maximum absolute atomic E-state index is 9.51. The van der Waals surface area contributed by atoms with Crippen LogP contribution in [-0.2, 0) is 13.2 Å². The van der Waals surface area contributed by atoms with Gasteiger partial charge in [-0.25, -0.2) is 0 Å². The lowest BCUT2D eigenvalue weighted by Crippen LogP contribution is -2.04. The quantitative estimate of drug-likeness (QED) is 0.863. The molecule has 0 saturated carbocycles. The molecule has 0 unspecified atom stereocenters. The van der Waals surface area contributed by atoms with E-state index in [2.05, 4.69) is 48.8 Å². The molecule has 0 radical (unpaired) electrons. The second kappa shape index (κ2) is 6.63. The largest absolute Gasteiger partial charge is 0.488 e. The van der Waals surface area contributed by atoms with Crippen molar-refractivity contribution >= 4 is 15.9 Å². The zero-order valence-electron chi connectivity index (χ0n) is 13.0. The van der Waals surface area contributed by atoms with Gasteiger partial charge in [0.15, 0.2) is 0 Å². The summed E-state index contributed by atoms with van der Waals surface area (Å²) in [5.74, 6) is 0.778. The molecule has 1 N–H and O–H groups in total. The maximum Gasteiger partial charge on any atom is 0.128 e. The summed E-state index contributed by atoms with van der Waals surface area (Å²) in [6.45, 7) is 8.82. The second-order valence-corrected chi connectivity index (χ2v) is 6.45. The number of ether oxygens (including phenoxy) is 1. The molecule has 0 bridgehead atoms. The highest BCUT2D eigenvalue weighted by Gasteiger charge is 2.11. The average Bonchev–Trinajstić information content (AvgIpc) is 2.38. The van der Waals surface area contributed by atoms with Crippen LogP contribution in [0.1, 0.15) is 33.4 Å². The summed E-state index contributed by atoms with van der Waals surface area (Å²) in [4.78, 5) is 0. The fourth-order valence-corrected chi connectivity index (χ4v) is 3.32. The lowest BCUT2D eigenvalue weighted by molar-refractivity contribution is 0.257. The first-order valence-electron chi connectivity index (χ1n) is 7.01. The molecule has 21 heavy (non-hydrogen) atoms. The highest BCUT2D eigenvalue weighted by molar-refractivity contribution is 9.10. The molecule has 0 saturated heterocycles. The minimum absolute atomic E-state index is 0.0263. The minimum atomic E-state index is -0.0263. The first kappa shape index (κ1) is 16.1. The Morgan fingerprint density at radius 3 is 2.14 bits per heavy atom. The standard InChI is InChI=1S/C18H21BrO2/c1-11-5-12(2)17(13(3)6-11)10-21-18-14(4)7-16(19)8-15(18)9-20/h5-8,20H,9-10H2,1-4H3. The van der Waals surface area contributed by atoms with Crippen LogP contribution in [0.25, 0.3) is 0 Å². The Morgan fingerprint density at radius 2 is 1.57 bits per heavy atom. The zero-order chi connectivity index (χ0) is 15.6. The number of aryl methyl sites for hydroxylation is 4. The normalized spacial score (nSPS) is 10.8. The molecule has 0 heterocycles. The van der Waals surface area contributed by atoms with E-state index in [1.807, 2.05) is 19.1 Å². The van der Waals surface area contributed by atoms with Gasteiger partial charge in [0.25, 0.3) is 0 Å². The van der Waals surface area contributed by atoms with Crippen LogP contribution in [0.4, 0.5) is 0 Å². The summed E-state index contributed by atoms with van der Waals surface area (Å²) in [5, 5.41) is 9.51. The van der Waals surface area contributed by atoms with Gasteiger partial charge in [-0.2, -0.15) is 0 Å². The molecule has 2 aromatic carbocycles. The Bertz CT molecular complexity index is 640. The number of aliphatic hydroxyl groups is 1. The third-order valence-electron chi connectivity index (χ3n) is 3.69. The molecule has 2 rings (SSSR count). The van der Waals surface area contributed by atoms with Crippen LogP contribution >= 0.6 is 15.9 Å². The van der Waals surface area contributed by atoms with Gasteiger partial charge in [0, 0.05) is 10.0 Å². The first-order chi connectivity index (χ1) is 9.92. The Balaban J connectivity index is 2.29. The number of benzene rings is 2. The molecule has 0 aliphatic heterocycles. The van der Waals surface area contributed by atoms with Gasteiger partial charge >= 0.3 is 0 Å². The summed E-state index contributed by atoms with van der Waals surface area (Å²) in [6.07, 6.45) is 0. The molecule has 0 atom stereocenters. The number of hydrogen-bond donors (Lipinski definition) is 1. The van der Waals surface area contributed by atoms with E-state index < -0.39 is 0 Å². The summed E-state index contributed by atoms with van der Waals surface area (Å²) in [6, 6.07) is 8.25. The van der Waals surface area contributed by atoms with Crippen molar-refractivity contribution in [3.63, 3.8) is 0 Å². The van der Waals surface area contributed by atoms with E-state index in [-0.39, 0.29) is 6.61 Å². The first-order valence-corrected chi connectivity index (χ1v) is 7.81. The topological polar surface area (TPSA) is 29.5 Å². The number of rotatable bonds is 4. The van der Waals surface area contributed by atoms with Crippen molar-refractivity contribution in [3.8, 4) is 5.75 Å². The maximum atomic E-state index is 9.51. The molecule has 0 aliphatic carbocycles. The minimum Gasteiger partial charge on any atom is -0.488 e. The van der Waals surface area contributed by atoms with Crippen molar-refractivity contribution in [1.82, 2.24) is 0 Å². The average molecular weight is 349 g/mol. The van der Waals surface area contributed by atoms with Crippen molar-refractivity contribution in [1.29, 1.82) is 0 Å². The highest BCUT2D eigenvalue weighted by atomic mass is 79.9. The summed E-state index contributed by atoms with van der Waals surface area (Å²) >= 11 is 3.45. The number of halogens is 1. The van der Waals surface area contributed by atoms with Gasteiger partial charge in [0.05, 0.1) is 6.61 Å². The zero-order valence-corrected chi connectivity index (χ0v) is 14.5. The van der Waals surface area contributed by atoms with Gasteiger partial charge in [-0.15, -0.1) is 0 Å². The van der Waals surface area contributed by atoms with E-state index in [1.165, 1.54) is 22.3 Å². The SMILES string of the molecule is Cc1cc(C)c(COc2c(C)cc(Br)cc2CO)c(C)c1. The third-order valence-corrected chi connectivity index (χ3v) is 4.15. The van der Waals surface area contributed by atoms with Crippen LogP contribution in [0, 0.1) is 27.7 Å². The van der Waals surface area contributed by atoms with E-state index in [0.29, 0.717) is 6.61 Å². The molecule has 0 fully saturated rings. The Labute approximate surface area is 134 Å². The van der Waals surface area contributed by atoms with E-state index in [1.54, 1.807) is 0 Å². The van der Waals surface area contributed by atoms with Crippen LogP contribution in [0.5, 0.6) is 5.75 Å². The molecule has 0 amide bonds. The van der Waals surface area contributed by atoms with E-state index in [0.717, 1.165) is 21.3 Å². The van der Waals surface area contributed by atoms with Crippen molar-refractivity contribution in [3.05, 3.63) is 62.1 Å². The molecular weight excluding hydrogens is 328 g/mol. The Morgan fingerprint density at radius 1 is 0.952 bits per heavy atom. The van der Waals surface area contributed by atoms with Gasteiger partial charge in [-0.1, -0.05) is 33.6 Å². The lowest BCUT2D eigenvalue weighted by Gasteiger charge is -2.16. The molecule has 112 valence electrons. The number of hydrogen-bond acceptors (Lipinski definition) is 2. The molecule has 2 nitrogen and oxygen atoms in total. The van der Waals surface area contributed by atoms with Gasteiger partial charge in [-0.3, -0.25) is 0 Å². The monoisotopic (exact) mass is 348 g/mol. The van der Waals surface area contributed by atoms with Crippen LogP contribution in [0.15, 0.2) is 28.7 Å². The van der Waals surface area contributed by atoms with Gasteiger partial charge < -0.3 is 9.84 Å². The van der Waals surface area contributed by atoms with Crippen molar-refractivity contribution < 1.29 is 9.84 Å². The highest BCUT2D eigenvalue weighted by Crippen LogP contribution is 2.29. The van der Waals surface area contributed by atoms with E-state index >= 15 is 0 Å². The number of aliphatic hydroxyl groups excluding tert-OH is 1. The van der Waals surface area contributed by atoms with Crippen molar-refractivity contribution in [2.24, 2.45) is 0 Å². The molecule has 0 aromatic heterocycles. The van der Waals surface area contributed by atoms with Gasteiger partial charge in [0.1, 0.15) is 12.4 Å². The van der Waals surface area contributed by atoms with E-state index in [4.69, 9.17) is 4.74 Å². The molecule has 0 spiro atoms. The van der Waals surface area contributed by atoms with E-state index in [9.17, 15) is 5.11 Å². The Hall–Kier alpha value is -1.32. The molecule has 3 heteroatoms. The third kappa shape index (κ3) is 3.66. The fourth-order valence-electron chi connectivity index (χ4n) is 2.71. The molecule has 2 aromatic rings. The van der Waals surface area contributed by atoms with Crippen molar-refractivity contribution in [2.75, 3.05) is 0 Å². The van der Waals surface area contributed by atoms with Crippen LogP contribution in [0.3, 0.4) is 0 Å². The molecule has 0 aliphatic rings. The second-order valence-electron chi connectivity index (χ2n) is 5.53. The van der Waals surface area contributed by atoms with Gasteiger partial charge in [0.2, 0.25) is 0 Å². The van der Waals surface area contributed by atoms with Crippen LogP contribution < -0.4 is 4.74 Å². The Kier molecular flexibility index (Phi) is 5.07. The predicted octanol–water partition coefficient (Wildman–Crippen LogP) is 4.75. The fraction of sp³-hybridized carbons (Fsp3) is 0.333.